The minimum absolute atomic E-state index is 0.0462. The number of sulfonamides is 1. The van der Waals surface area contributed by atoms with Crippen molar-refractivity contribution < 1.29 is 22.7 Å². The molecule has 8 heteroatoms. The van der Waals surface area contributed by atoms with Crippen LogP contribution in [0.2, 0.25) is 0 Å². The maximum absolute atomic E-state index is 12.4. The van der Waals surface area contributed by atoms with E-state index in [2.05, 4.69) is 0 Å². The van der Waals surface area contributed by atoms with E-state index in [0.717, 1.165) is 0 Å². The Balaban J connectivity index is 2.57. The monoisotopic (exact) mass is 320 g/mol. The van der Waals surface area contributed by atoms with Gasteiger partial charge in [-0.05, 0) is 26.7 Å². The molecule has 0 aromatic carbocycles. The molecule has 21 heavy (non-hydrogen) atoms. The molecule has 0 atom stereocenters. The van der Waals surface area contributed by atoms with Gasteiger partial charge in [-0.2, -0.15) is 0 Å². The molecular weight excluding hydrogens is 296 g/mol. The largest absolute Gasteiger partial charge is 0.465 e. The number of carbonyl (C=O) groups is 2. The summed E-state index contributed by atoms with van der Waals surface area (Å²) in [5.74, 6) is -0.739. The first-order chi connectivity index (χ1) is 9.79. The van der Waals surface area contributed by atoms with Gasteiger partial charge in [-0.25, -0.2) is 12.7 Å². The number of amides is 1. The van der Waals surface area contributed by atoms with Gasteiger partial charge in [0, 0.05) is 25.6 Å². The minimum atomic E-state index is -3.19. The lowest BCUT2D eigenvalue weighted by Gasteiger charge is -2.32. The Morgan fingerprint density at radius 1 is 1.24 bits per heavy atom. The van der Waals surface area contributed by atoms with Crippen molar-refractivity contribution in [2.24, 2.45) is 5.92 Å². The van der Waals surface area contributed by atoms with Crippen LogP contribution < -0.4 is 0 Å². The SMILES string of the molecule is CCOC(=O)CN(CC)C(=O)C1CCN(S(C)(=O)=O)CC1. The highest BCUT2D eigenvalue weighted by molar-refractivity contribution is 7.88. The average molecular weight is 320 g/mol. The molecule has 1 rings (SSSR count). The summed E-state index contributed by atoms with van der Waals surface area (Å²) in [6.07, 6.45) is 2.16. The number of piperidine rings is 1. The molecule has 1 aliphatic rings. The zero-order valence-electron chi connectivity index (χ0n) is 12.9. The van der Waals surface area contributed by atoms with Crippen LogP contribution in [-0.2, 0) is 24.3 Å². The van der Waals surface area contributed by atoms with Gasteiger partial charge >= 0.3 is 5.97 Å². The zero-order chi connectivity index (χ0) is 16.0. The van der Waals surface area contributed by atoms with Crippen LogP contribution in [0, 0.1) is 5.92 Å². The van der Waals surface area contributed by atoms with Crippen molar-refractivity contribution in [3.63, 3.8) is 0 Å². The lowest BCUT2D eigenvalue weighted by atomic mass is 9.96. The van der Waals surface area contributed by atoms with Crippen LogP contribution in [-0.4, -0.2) is 68.5 Å². The standard InChI is InChI=1S/C13H24N2O5S/c1-4-14(10-12(16)20-5-2)13(17)11-6-8-15(9-7-11)21(3,18)19/h11H,4-10H2,1-3H3. The van der Waals surface area contributed by atoms with Gasteiger partial charge in [-0.3, -0.25) is 9.59 Å². The molecule has 1 heterocycles. The van der Waals surface area contributed by atoms with Crippen LogP contribution in [0.4, 0.5) is 0 Å². The Bertz CT molecular complexity index is 469. The molecule has 0 saturated carbocycles. The second-order valence-corrected chi connectivity index (χ2v) is 7.08. The molecule has 1 saturated heterocycles. The van der Waals surface area contributed by atoms with Gasteiger partial charge in [0.2, 0.25) is 15.9 Å². The van der Waals surface area contributed by atoms with Crippen LogP contribution in [0.25, 0.3) is 0 Å². The lowest BCUT2D eigenvalue weighted by molar-refractivity contribution is -0.150. The van der Waals surface area contributed by atoms with Crippen molar-refractivity contribution >= 4 is 21.9 Å². The third-order valence-electron chi connectivity index (χ3n) is 3.59. The van der Waals surface area contributed by atoms with Crippen LogP contribution in [0.1, 0.15) is 26.7 Å². The molecule has 0 aromatic heterocycles. The molecule has 0 spiro atoms. The van der Waals surface area contributed by atoms with Crippen LogP contribution in [0.15, 0.2) is 0 Å². The summed E-state index contributed by atoms with van der Waals surface area (Å²) in [5.41, 5.74) is 0. The molecule has 0 aliphatic carbocycles. The van der Waals surface area contributed by atoms with Crippen LogP contribution >= 0.6 is 0 Å². The number of carbonyl (C=O) groups excluding carboxylic acids is 2. The molecule has 0 bridgehead atoms. The Morgan fingerprint density at radius 3 is 2.24 bits per heavy atom. The number of nitrogens with zero attached hydrogens (tertiary/aromatic N) is 2. The number of hydrogen-bond acceptors (Lipinski definition) is 5. The van der Waals surface area contributed by atoms with Gasteiger partial charge in [0.05, 0.1) is 12.9 Å². The van der Waals surface area contributed by atoms with Crippen molar-refractivity contribution in [3.8, 4) is 0 Å². The number of hydrogen-bond donors (Lipinski definition) is 0. The summed E-state index contributed by atoms with van der Waals surface area (Å²) < 4.78 is 29.1. The first-order valence-corrected chi connectivity index (χ1v) is 9.03. The molecule has 1 aliphatic heterocycles. The smallest absolute Gasteiger partial charge is 0.325 e. The molecule has 0 unspecified atom stereocenters. The fraction of sp³-hybridized carbons (Fsp3) is 0.846. The van der Waals surface area contributed by atoms with Gasteiger partial charge < -0.3 is 9.64 Å². The van der Waals surface area contributed by atoms with Crippen LogP contribution in [0.3, 0.4) is 0 Å². The normalized spacial score (nSPS) is 17.5. The van der Waals surface area contributed by atoms with Gasteiger partial charge in [-0.15, -0.1) is 0 Å². The molecule has 1 amide bonds. The Kier molecular flexibility index (Phi) is 6.60. The highest BCUT2D eigenvalue weighted by atomic mass is 32.2. The molecule has 122 valence electrons. The number of esters is 1. The van der Waals surface area contributed by atoms with E-state index in [1.165, 1.54) is 15.5 Å². The third-order valence-corrected chi connectivity index (χ3v) is 4.89. The highest BCUT2D eigenvalue weighted by Gasteiger charge is 2.31. The third kappa shape index (κ3) is 5.28. The van der Waals surface area contributed by atoms with Crippen molar-refractivity contribution in [3.05, 3.63) is 0 Å². The van der Waals surface area contributed by atoms with Gasteiger partial charge in [0.15, 0.2) is 0 Å². The highest BCUT2D eigenvalue weighted by Crippen LogP contribution is 2.21. The van der Waals surface area contributed by atoms with Crippen molar-refractivity contribution in [1.29, 1.82) is 0 Å². The van der Waals surface area contributed by atoms with Gasteiger partial charge in [0.1, 0.15) is 6.54 Å². The predicted octanol–water partition coefficient (Wildman–Crippen LogP) is 0.0696. The van der Waals surface area contributed by atoms with E-state index in [-0.39, 0.29) is 25.0 Å². The minimum Gasteiger partial charge on any atom is -0.465 e. The Hall–Kier alpha value is -1.15. The Labute approximate surface area is 126 Å². The molecule has 1 fully saturated rings. The van der Waals surface area contributed by atoms with Gasteiger partial charge in [-0.1, -0.05) is 0 Å². The molecule has 0 N–H and O–H groups in total. The zero-order valence-corrected chi connectivity index (χ0v) is 13.7. The number of likely N-dealkylation sites (N-methyl/N-ethyl adjacent to an activating group) is 1. The maximum atomic E-state index is 12.4. The van der Waals surface area contributed by atoms with Crippen molar-refractivity contribution in [1.82, 2.24) is 9.21 Å². The summed E-state index contributed by atoms with van der Waals surface area (Å²) in [5, 5.41) is 0. The van der Waals surface area contributed by atoms with E-state index in [9.17, 15) is 18.0 Å². The second-order valence-electron chi connectivity index (χ2n) is 5.09. The summed E-state index contributed by atoms with van der Waals surface area (Å²) in [6.45, 7) is 4.91. The fourth-order valence-electron chi connectivity index (χ4n) is 2.40. The predicted molar refractivity (Wildman–Crippen MR) is 78.0 cm³/mol. The van der Waals surface area contributed by atoms with E-state index in [0.29, 0.717) is 32.5 Å². The molecule has 0 radical (unpaired) electrons. The summed E-state index contributed by atoms with van der Waals surface area (Å²) >= 11 is 0. The molecule has 0 aromatic rings. The van der Waals surface area contributed by atoms with E-state index in [1.54, 1.807) is 6.92 Å². The van der Waals surface area contributed by atoms with Crippen molar-refractivity contribution in [2.75, 3.05) is 39.0 Å². The summed E-state index contributed by atoms with van der Waals surface area (Å²) in [7, 11) is -3.19. The quantitative estimate of drug-likeness (QED) is 0.647. The van der Waals surface area contributed by atoms with Crippen LogP contribution in [0.5, 0.6) is 0 Å². The van der Waals surface area contributed by atoms with Gasteiger partial charge in [0.25, 0.3) is 0 Å². The van der Waals surface area contributed by atoms with Crippen molar-refractivity contribution in [2.45, 2.75) is 26.7 Å². The second kappa shape index (κ2) is 7.74. The summed E-state index contributed by atoms with van der Waals surface area (Å²) in [6, 6.07) is 0. The van der Waals surface area contributed by atoms with E-state index < -0.39 is 16.0 Å². The summed E-state index contributed by atoms with van der Waals surface area (Å²) in [4.78, 5) is 25.3. The average Bonchev–Trinajstić information content (AvgIpc) is 2.43. The fourth-order valence-corrected chi connectivity index (χ4v) is 3.27. The maximum Gasteiger partial charge on any atom is 0.325 e. The molecular formula is C13H24N2O5S. The first kappa shape index (κ1) is 17.9. The number of ether oxygens (including phenoxy) is 1. The van der Waals surface area contributed by atoms with E-state index >= 15 is 0 Å². The Morgan fingerprint density at radius 2 is 1.81 bits per heavy atom. The van der Waals surface area contributed by atoms with E-state index in [4.69, 9.17) is 4.74 Å². The first-order valence-electron chi connectivity index (χ1n) is 7.19. The lowest BCUT2D eigenvalue weighted by Crippen LogP contribution is -2.45. The topological polar surface area (TPSA) is 84.0 Å². The van der Waals surface area contributed by atoms with E-state index in [1.807, 2.05) is 6.92 Å². The molecule has 7 nitrogen and oxygen atoms in total. The number of rotatable bonds is 6.